The van der Waals surface area contributed by atoms with Gasteiger partial charge in [0.2, 0.25) is 0 Å². The molecule has 4 heteroatoms. The third-order valence-corrected chi connectivity index (χ3v) is 5.61. The van der Waals surface area contributed by atoms with Gasteiger partial charge in [0, 0.05) is 31.1 Å². The summed E-state index contributed by atoms with van der Waals surface area (Å²) in [6, 6.07) is 17.3. The highest BCUT2D eigenvalue weighted by atomic mass is 16.4. The minimum atomic E-state index is -0.809. The Bertz CT molecular complexity index is 954. The van der Waals surface area contributed by atoms with Gasteiger partial charge in [0.25, 0.3) is 0 Å². The molecule has 0 aliphatic rings. The Labute approximate surface area is 197 Å². The van der Waals surface area contributed by atoms with Gasteiger partial charge < -0.3 is 10.2 Å². The van der Waals surface area contributed by atoms with E-state index in [2.05, 4.69) is 86.1 Å². The summed E-state index contributed by atoms with van der Waals surface area (Å²) in [6.07, 6.45) is 4.18. The third kappa shape index (κ3) is 9.26. The van der Waals surface area contributed by atoms with Gasteiger partial charge in [-0.3, -0.25) is 9.59 Å². The van der Waals surface area contributed by atoms with Crippen LogP contribution in [-0.4, -0.2) is 22.2 Å². The lowest BCUT2D eigenvalue weighted by Gasteiger charge is -2.26. The maximum Gasteiger partial charge on any atom is 0.304 e. The van der Waals surface area contributed by atoms with Crippen LogP contribution in [0.4, 0.5) is 0 Å². The fourth-order valence-corrected chi connectivity index (χ4v) is 3.45. The van der Waals surface area contributed by atoms with E-state index in [1.54, 1.807) is 0 Å². The van der Waals surface area contributed by atoms with Gasteiger partial charge in [0.1, 0.15) is 0 Å². The van der Waals surface area contributed by atoms with E-state index in [0.29, 0.717) is 12.8 Å². The molecule has 0 heterocycles. The predicted molar refractivity (Wildman–Crippen MR) is 131 cm³/mol. The SMILES string of the molecule is CC(C)(c1ccc(CCC#CCCC(=O)O)cc1)c1ccc(CCC#CCCC(=O)O)cc1. The van der Waals surface area contributed by atoms with Crippen molar-refractivity contribution in [2.75, 3.05) is 0 Å². The Morgan fingerprint density at radius 3 is 1.30 bits per heavy atom. The van der Waals surface area contributed by atoms with E-state index >= 15 is 0 Å². The lowest BCUT2D eigenvalue weighted by molar-refractivity contribution is -0.137. The molecule has 0 amide bonds. The van der Waals surface area contributed by atoms with E-state index in [9.17, 15) is 9.59 Å². The summed E-state index contributed by atoms with van der Waals surface area (Å²) in [6.45, 7) is 4.44. The van der Waals surface area contributed by atoms with Crippen LogP contribution in [-0.2, 0) is 27.8 Å². The molecule has 0 aromatic heterocycles. The normalized spacial score (nSPS) is 10.5. The second kappa shape index (κ2) is 13.1. The average molecular weight is 445 g/mol. The zero-order valence-corrected chi connectivity index (χ0v) is 19.5. The van der Waals surface area contributed by atoms with Crippen LogP contribution in [0.15, 0.2) is 48.5 Å². The zero-order valence-electron chi connectivity index (χ0n) is 19.5. The fraction of sp³-hybridized carbons (Fsp3) is 0.379. The quantitative estimate of drug-likeness (QED) is 0.467. The van der Waals surface area contributed by atoms with Crippen molar-refractivity contribution >= 4 is 11.9 Å². The van der Waals surface area contributed by atoms with Crippen molar-refractivity contribution < 1.29 is 19.8 Å². The molecule has 2 rings (SSSR count). The van der Waals surface area contributed by atoms with Gasteiger partial charge in [-0.2, -0.15) is 0 Å². The van der Waals surface area contributed by atoms with Crippen LogP contribution in [0.1, 0.15) is 74.6 Å². The van der Waals surface area contributed by atoms with E-state index in [1.165, 1.54) is 22.3 Å². The summed E-state index contributed by atoms with van der Waals surface area (Å²) >= 11 is 0. The number of hydrogen-bond donors (Lipinski definition) is 2. The lowest BCUT2D eigenvalue weighted by atomic mass is 9.77. The van der Waals surface area contributed by atoms with E-state index < -0.39 is 11.9 Å². The summed E-state index contributed by atoms with van der Waals surface area (Å²) in [5, 5.41) is 17.2. The fourth-order valence-electron chi connectivity index (χ4n) is 3.45. The molecule has 172 valence electrons. The largest absolute Gasteiger partial charge is 0.481 e. The Balaban J connectivity index is 1.89. The number of hydrogen-bond acceptors (Lipinski definition) is 2. The van der Waals surface area contributed by atoms with Gasteiger partial charge in [0.15, 0.2) is 0 Å². The first-order valence-corrected chi connectivity index (χ1v) is 11.3. The van der Waals surface area contributed by atoms with Crippen molar-refractivity contribution in [3.8, 4) is 23.7 Å². The smallest absolute Gasteiger partial charge is 0.304 e. The van der Waals surface area contributed by atoms with Crippen LogP contribution in [0, 0.1) is 23.7 Å². The Kier molecular flexibility index (Phi) is 10.3. The molecule has 0 fully saturated rings. The minimum Gasteiger partial charge on any atom is -0.481 e. The summed E-state index contributed by atoms with van der Waals surface area (Å²) in [4.78, 5) is 21.0. The molecule has 0 aliphatic carbocycles. The predicted octanol–water partition coefficient (Wildman–Crippen LogP) is 5.61. The first-order chi connectivity index (χ1) is 15.8. The summed E-state index contributed by atoms with van der Waals surface area (Å²) in [5.41, 5.74) is 4.82. The molecule has 2 aromatic rings. The number of aliphatic carboxylic acids is 2. The van der Waals surface area contributed by atoms with E-state index in [1.807, 2.05) is 0 Å². The molecule has 0 bridgehead atoms. The average Bonchev–Trinajstić information content (AvgIpc) is 2.78. The summed E-state index contributed by atoms with van der Waals surface area (Å²) in [5.74, 6) is 10.3. The molecule has 0 aliphatic heterocycles. The first kappa shape index (κ1) is 25.8. The minimum absolute atomic E-state index is 0.0977. The van der Waals surface area contributed by atoms with Crippen LogP contribution in [0.25, 0.3) is 0 Å². The van der Waals surface area contributed by atoms with Crippen molar-refractivity contribution in [1.82, 2.24) is 0 Å². The number of carboxylic acids is 2. The molecule has 0 atom stereocenters. The summed E-state index contributed by atoms with van der Waals surface area (Å²) in [7, 11) is 0. The van der Waals surface area contributed by atoms with E-state index in [4.69, 9.17) is 10.2 Å². The maximum atomic E-state index is 10.5. The zero-order chi connectivity index (χ0) is 24.1. The highest BCUT2D eigenvalue weighted by Crippen LogP contribution is 2.32. The Morgan fingerprint density at radius 1 is 0.636 bits per heavy atom. The van der Waals surface area contributed by atoms with Crippen LogP contribution >= 0.6 is 0 Å². The first-order valence-electron chi connectivity index (χ1n) is 11.3. The van der Waals surface area contributed by atoms with Gasteiger partial charge in [-0.05, 0) is 35.1 Å². The topological polar surface area (TPSA) is 74.6 Å². The highest BCUT2D eigenvalue weighted by molar-refractivity contribution is 5.67. The number of rotatable bonds is 10. The monoisotopic (exact) mass is 444 g/mol. The Hall–Kier alpha value is -3.50. The number of benzene rings is 2. The molecule has 4 nitrogen and oxygen atoms in total. The van der Waals surface area contributed by atoms with Crippen molar-refractivity contribution in [3.63, 3.8) is 0 Å². The second-order valence-corrected chi connectivity index (χ2v) is 8.51. The molecule has 0 spiro atoms. The second-order valence-electron chi connectivity index (χ2n) is 8.51. The molecule has 2 N–H and O–H groups in total. The van der Waals surface area contributed by atoms with Gasteiger partial charge in [-0.1, -0.05) is 62.4 Å². The van der Waals surface area contributed by atoms with E-state index in [-0.39, 0.29) is 18.3 Å². The molecule has 33 heavy (non-hydrogen) atoms. The van der Waals surface area contributed by atoms with Gasteiger partial charge in [0.05, 0.1) is 12.8 Å². The standard InChI is InChI=1S/C29H32O4/c1-29(2,25-19-15-23(16-20-25)11-7-3-5-9-13-27(30)31)26-21-17-24(18-22-26)12-8-4-6-10-14-28(32)33/h15-22H,7-14H2,1-2H3,(H,30,31)(H,32,33). The van der Waals surface area contributed by atoms with E-state index in [0.717, 1.165) is 25.7 Å². The molecule has 0 saturated heterocycles. The van der Waals surface area contributed by atoms with Gasteiger partial charge in [-0.25, -0.2) is 0 Å². The lowest BCUT2D eigenvalue weighted by Crippen LogP contribution is -2.18. The molecular weight excluding hydrogens is 412 g/mol. The van der Waals surface area contributed by atoms with Crippen molar-refractivity contribution in [2.45, 2.75) is 70.6 Å². The van der Waals surface area contributed by atoms with Crippen LogP contribution in [0.5, 0.6) is 0 Å². The van der Waals surface area contributed by atoms with Crippen molar-refractivity contribution in [1.29, 1.82) is 0 Å². The van der Waals surface area contributed by atoms with Crippen molar-refractivity contribution in [2.24, 2.45) is 0 Å². The maximum absolute atomic E-state index is 10.5. The highest BCUT2D eigenvalue weighted by Gasteiger charge is 2.22. The molecule has 2 aromatic carbocycles. The number of carbonyl (C=O) groups is 2. The summed E-state index contributed by atoms with van der Waals surface area (Å²) < 4.78 is 0. The number of carboxylic acid groups (broad SMARTS) is 2. The van der Waals surface area contributed by atoms with Crippen molar-refractivity contribution in [3.05, 3.63) is 70.8 Å². The molecule has 0 saturated carbocycles. The van der Waals surface area contributed by atoms with Crippen LogP contribution < -0.4 is 0 Å². The Morgan fingerprint density at radius 2 is 0.970 bits per heavy atom. The molecule has 0 unspecified atom stereocenters. The van der Waals surface area contributed by atoms with Crippen LogP contribution in [0.2, 0.25) is 0 Å². The molecule has 0 radical (unpaired) electrons. The van der Waals surface area contributed by atoms with Crippen LogP contribution in [0.3, 0.4) is 0 Å². The van der Waals surface area contributed by atoms with Gasteiger partial charge >= 0.3 is 11.9 Å². The third-order valence-electron chi connectivity index (χ3n) is 5.61. The van der Waals surface area contributed by atoms with Gasteiger partial charge in [-0.15, -0.1) is 23.7 Å². The number of aryl methyl sites for hydroxylation is 2. The molecular formula is C29H32O4.